The molecule has 8 nitrogen and oxygen atoms in total. The normalized spacial score (nSPS) is 11.4. The van der Waals surface area contributed by atoms with E-state index in [0.29, 0.717) is 29.5 Å². The highest BCUT2D eigenvalue weighted by Gasteiger charge is 2.19. The van der Waals surface area contributed by atoms with E-state index in [9.17, 15) is 9.59 Å². The Labute approximate surface area is 183 Å². The molecule has 2 aromatic rings. The zero-order valence-electron chi connectivity index (χ0n) is 19.1. The number of nitrogens with one attached hydrogen (secondary N) is 2. The Morgan fingerprint density at radius 3 is 2.35 bits per heavy atom. The van der Waals surface area contributed by atoms with Gasteiger partial charge in [0.1, 0.15) is 12.3 Å². The van der Waals surface area contributed by atoms with Gasteiger partial charge < -0.3 is 29.3 Å². The quantitative estimate of drug-likeness (QED) is 0.591. The number of ether oxygens (including phenoxy) is 3. The summed E-state index contributed by atoms with van der Waals surface area (Å²) in [6, 6.07) is 10.9. The summed E-state index contributed by atoms with van der Waals surface area (Å²) < 4.78 is 15.9. The molecule has 0 fully saturated rings. The molecule has 8 heteroatoms. The van der Waals surface area contributed by atoms with Crippen LogP contribution in [0.2, 0.25) is 0 Å². The number of anilines is 1. The third-order valence-corrected chi connectivity index (χ3v) is 4.95. The summed E-state index contributed by atoms with van der Waals surface area (Å²) in [5.41, 5.74) is 2.76. The molecule has 2 amide bonds. The maximum Gasteiger partial charge on any atom is 0.277 e. The molecule has 0 saturated heterocycles. The van der Waals surface area contributed by atoms with Gasteiger partial charge in [0, 0.05) is 24.4 Å². The van der Waals surface area contributed by atoms with Crippen molar-refractivity contribution in [3.63, 3.8) is 0 Å². The maximum absolute atomic E-state index is 12.6. The summed E-state index contributed by atoms with van der Waals surface area (Å²) in [4.78, 5) is 27.3. The van der Waals surface area contributed by atoms with Crippen LogP contribution < -0.4 is 24.4 Å². The van der Waals surface area contributed by atoms with E-state index >= 15 is 0 Å². The first-order valence-electron chi connectivity index (χ1n) is 9.98. The number of nitrogens with zero attached hydrogens (tertiary/aromatic N) is 1. The van der Waals surface area contributed by atoms with E-state index in [1.807, 2.05) is 26.1 Å². The minimum atomic E-state index is -0.266. The van der Waals surface area contributed by atoms with Crippen molar-refractivity contribution in [2.24, 2.45) is 0 Å². The number of hydrogen-bond donors (Lipinski definition) is 2. The van der Waals surface area contributed by atoms with Gasteiger partial charge >= 0.3 is 0 Å². The molecule has 0 aliphatic heterocycles. The Morgan fingerprint density at radius 2 is 1.71 bits per heavy atom. The van der Waals surface area contributed by atoms with E-state index in [1.165, 1.54) is 4.90 Å². The fraction of sp³-hybridized carbons (Fsp3) is 0.391. The molecule has 0 saturated carbocycles. The van der Waals surface area contributed by atoms with Crippen LogP contribution in [0.15, 0.2) is 36.4 Å². The molecule has 168 valence electrons. The van der Waals surface area contributed by atoms with Gasteiger partial charge in [0.2, 0.25) is 5.91 Å². The molecular weight excluding hydrogens is 398 g/mol. The van der Waals surface area contributed by atoms with Crippen molar-refractivity contribution in [2.75, 3.05) is 53.8 Å². The van der Waals surface area contributed by atoms with Gasteiger partial charge in [0.15, 0.2) is 18.0 Å². The Morgan fingerprint density at radius 1 is 1.03 bits per heavy atom. The molecule has 0 heterocycles. The third-order valence-electron chi connectivity index (χ3n) is 4.95. The average Bonchev–Trinajstić information content (AvgIpc) is 2.74. The lowest BCUT2D eigenvalue weighted by molar-refractivity contribution is -0.885. The second-order valence-electron chi connectivity index (χ2n) is 7.47. The molecule has 2 N–H and O–H groups in total. The number of carbonyl (C=O) groups excluding carboxylic acids is 2. The molecule has 0 spiro atoms. The highest BCUT2D eigenvalue weighted by molar-refractivity contribution is 5.94. The van der Waals surface area contributed by atoms with Crippen LogP contribution in [-0.2, 0) is 16.1 Å². The highest BCUT2D eigenvalue weighted by Crippen LogP contribution is 2.29. The van der Waals surface area contributed by atoms with Crippen LogP contribution in [0.1, 0.15) is 11.1 Å². The second kappa shape index (κ2) is 11.2. The molecule has 2 rings (SSSR count). The van der Waals surface area contributed by atoms with Crippen molar-refractivity contribution in [3.8, 4) is 17.2 Å². The van der Waals surface area contributed by atoms with E-state index < -0.39 is 0 Å². The molecule has 0 aliphatic carbocycles. The fourth-order valence-corrected chi connectivity index (χ4v) is 3.20. The molecule has 31 heavy (non-hydrogen) atoms. The largest absolute Gasteiger partial charge is 0.497 e. The molecule has 0 aliphatic rings. The number of rotatable bonds is 10. The Hall–Kier alpha value is -3.26. The lowest BCUT2D eigenvalue weighted by Crippen LogP contribution is -3.08. The Bertz CT molecular complexity index is 916. The zero-order valence-corrected chi connectivity index (χ0v) is 19.1. The van der Waals surface area contributed by atoms with Gasteiger partial charge in [0.05, 0.1) is 34.9 Å². The van der Waals surface area contributed by atoms with Crippen molar-refractivity contribution in [1.82, 2.24) is 4.90 Å². The maximum atomic E-state index is 12.6. The van der Waals surface area contributed by atoms with E-state index in [2.05, 4.69) is 5.32 Å². The van der Waals surface area contributed by atoms with Gasteiger partial charge in [-0.05, 0) is 36.8 Å². The predicted molar refractivity (Wildman–Crippen MR) is 119 cm³/mol. The van der Waals surface area contributed by atoms with Crippen molar-refractivity contribution in [2.45, 2.75) is 13.5 Å². The lowest BCUT2D eigenvalue weighted by Gasteiger charge is -2.21. The van der Waals surface area contributed by atoms with Crippen molar-refractivity contribution < 1.29 is 28.7 Å². The topological polar surface area (TPSA) is 81.5 Å². The minimum Gasteiger partial charge on any atom is -0.497 e. The highest BCUT2D eigenvalue weighted by atomic mass is 16.5. The van der Waals surface area contributed by atoms with Crippen LogP contribution in [0.5, 0.6) is 17.2 Å². The fourth-order valence-electron chi connectivity index (χ4n) is 3.20. The lowest BCUT2D eigenvalue weighted by atomic mass is 10.1. The SMILES string of the molecule is COc1cccc(NC(=O)CN(C)C(=O)C[NH+](C)Cc2cc(OC)c(OC)cc2C)c1. The third kappa shape index (κ3) is 6.89. The Kier molecular flexibility index (Phi) is 8.69. The standard InChI is InChI=1S/C23H31N3O5/c1-16-10-20(30-5)21(31-6)11-17(16)13-25(2)15-23(28)26(3)14-22(27)24-18-8-7-9-19(12-18)29-4/h7-12H,13-15H2,1-6H3,(H,24,27)/p+1. The summed E-state index contributed by atoms with van der Waals surface area (Å²) in [6.07, 6.45) is 0. The van der Waals surface area contributed by atoms with Gasteiger partial charge in [0.25, 0.3) is 5.91 Å². The first kappa shape index (κ1) is 24.0. The van der Waals surface area contributed by atoms with Gasteiger partial charge in [-0.15, -0.1) is 0 Å². The number of methoxy groups -OCH3 is 3. The number of carbonyl (C=O) groups is 2. The number of hydrogen-bond acceptors (Lipinski definition) is 5. The van der Waals surface area contributed by atoms with E-state index in [-0.39, 0.29) is 24.9 Å². The summed E-state index contributed by atoms with van der Waals surface area (Å²) in [6.45, 7) is 2.87. The van der Waals surface area contributed by atoms with E-state index in [4.69, 9.17) is 14.2 Å². The van der Waals surface area contributed by atoms with Gasteiger partial charge in [-0.25, -0.2) is 0 Å². The van der Waals surface area contributed by atoms with Gasteiger partial charge in [-0.1, -0.05) is 6.07 Å². The number of quaternary nitrogens is 1. The number of benzene rings is 2. The van der Waals surface area contributed by atoms with E-state index in [0.717, 1.165) is 16.0 Å². The number of aryl methyl sites for hydroxylation is 1. The van der Waals surface area contributed by atoms with Crippen molar-refractivity contribution in [3.05, 3.63) is 47.5 Å². The minimum absolute atomic E-state index is 0.0291. The van der Waals surface area contributed by atoms with Crippen LogP contribution in [0, 0.1) is 6.92 Å². The molecule has 0 radical (unpaired) electrons. The van der Waals surface area contributed by atoms with Gasteiger partial charge in [-0.2, -0.15) is 0 Å². The summed E-state index contributed by atoms with van der Waals surface area (Å²) in [5, 5.41) is 2.78. The number of likely N-dealkylation sites (N-methyl/N-ethyl adjacent to an activating group) is 2. The monoisotopic (exact) mass is 430 g/mol. The number of amides is 2. The summed E-state index contributed by atoms with van der Waals surface area (Å²) in [5.74, 6) is 1.61. The zero-order chi connectivity index (χ0) is 23.0. The second-order valence-corrected chi connectivity index (χ2v) is 7.47. The molecular formula is C23H32N3O5+. The summed E-state index contributed by atoms with van der Waals surface area (Å²) >= 11 is 0. The molecule has 0 bridgehead atoms. The molecule has 1 atom stereocenters. The van der Waals surface area contributed by atoms with Crippen LogP contribution in [0.3, 0.4) is 0 Å². The molecule has 1 unspecified atom stereocenters. The molecule has 0 aromatic heterocycles. The first-order valence-corrected chi connectivity index (χ1v) is 9.98. The average molecular weight is 431 g/mol. The predicted octanol–water partition coefficient (Wildman–Crippen LogP) is 1.13. The van der Waals surface area contributed by atoms with Crippen molar-refractivity contribution in [1.29, 1.82) is 0 Å². The Balaban J connectivity index is 1.91. The van der Waals surface area contributed by atoms with Crippen LogP contribution >= 0.6 is 0 Å². The first-order chi connectivity index (χ1) is 14.8. The van der Waals surface area contributed by atoms with Crippen LogP contribution in [-0.4, -0.2) is 65.2 Å². The van der Waals surface area contributed by atoms with E-state index in [1.54, 1.807) is 52.6 Å². The van der Waals surface area contributed by atoms with Crippen LogP contribution in [0.4, 0.5) is 5.69 Å². The summed E-state index contributed by atoms with van der Waals surface area (Å²) in [7, 11) is 8.34. The van der Waals surface area contributed by atoms with Crippen molar-refractivity contribution >= 4 is 17.5 Å². The van der Waals surface area contributed by atoms with Crippen LogP contribution in [0.25, 0.3) is 0 Å². The van der Waals surface area contributed by atoms with Gasteiger partial charge in [-0.3, -0.25) is 9.59 Å². The molecule has 2 aromatic carbocycles. The smallest absolute Gasteiger partial charge is 0.277 e.